The molecule has 0 aromatic heterocycles. The van der Waals surface area contributed by atoms with Crippen molar-refractivity contribution in [3.05, 3.63) is 0 Å². The maximum absolute atomic E-state index is 13.7. The summed E-state index contributed by atoms with van der Waals surface area (Å²) in [5.74, 6) is -6.18. The Bertz CT molecular complexity index is 902. The second-order valence-corrected chi connectivity index (χ2v) is 10.2. The van der Waals surface area contributed by atoms with Gasteiger partial charge in [0, 0.05) is 11.8 Å². The van der Waals surface area contributed by atoms with Crippen molar-refractivity contribution in [2.24, 2.45) is 17.8 Å². The quantitative estimate of drug-likeness (QED) is 0.346. The number of ether oxygens (including phenoxy) is 4. The molecule has 0 radical (unpaired) electrons. The second kappa shape index (κ2) is 7.21. The van der Waals surface area contributed by atoms with Gasteiger partial charge in [-0.1, -0.05) is 0 Å². The van der Waals surface area contributed by atoms with Gasteiger partial charge in [0.1, 0.15) is 5.60 Å². The number of carbonyl (C=O) groups is 2. The summed E-state index contributed by atoms with van der Waals surface area (Å²) in [6.45, 7) is -2.14. The number of carbonyl (C=O) groups excluding carboxylic acids is 2. The Morgan fingerprint density at radius 3 is 2.19 bits per heavy atom. The number of hydrogen-bond donors (Lipinski definition) is 1. The van der Waals surface area contributed by atoms with E-state index >= 15 is 0 Å². The van der Waals surface area contributed by atoms with Gasteiger partial charge in [-0.15, -0.1) is 0 Å². The molecular formula is C17H19F5O9S. The lowest BCUT2D eigenvalue weighted by Gasteiger charge is -2.62. The van der Waals surface area contributed by atoms with Crippen LogP contribution in [-0.4, -0.2) is 67.0 Å². The Labute approximate surface area is 178 Å². The summed E-state index contributed by atoms with van der Waals surface area (Å²) in [5, 5.41) is -5.14. The van der Waals surface area contributed by atoms with Crippen LogP contribution in [0.2, 0.25) is 0 Å². The van der Waals surface area contributed by atoms with Gasteiger partial charge in [0.25, 0.3) is 0 Å². The highest BCUT2D eigenvalue weighted by atomic mass is 32.2. The molecule has 4 bridgehead atoms. The molecule has 1 heterocycles. The molecular weight excluding hydrogens is 475 g/mol. The molecule has 1 spiro atoms. The highest BCUT2D eigenvalue weighted by Crippen LogP contribution is 2.64. The number of hydrogen-bond acceptors (Lipinski definition) is 8. The summed E-state index contributed by atoms with van der Waals surface area (Å²) in [4.78, 5) is 23.8. The van der Waals surface area contributed by atoms with E-state index in [1.807, 2.05) is 0 Å². The topological polar surface area (TPSA) is 125 Å². The van der Waals surface area contributed by atoms with Crippen LogP contribution in [0.4, 0.5) is 22.0 Å². The Kier molecular flexibility index (Phi) is 5.31. The van der Waals surface area contributed by atoms with Gasteiger partial charge in [-0.3, -0.25) is 4.55 Å². The zero-order chi connectivity index (χ0) is 23.7. The van der Waals surface area contributed by atoms with Gasteiger partial charge in [-0.05, 0) is 38.0 Å². The molecule has 1 N–H and O–H groups in total. The fourth-order valence-electron chi connectivity index (χ4n) is 5.63. The molecule has 4 aliphatic carbocycles. The molecule has 0 aromatic carbocycles. The van der Waals surface area contributed by atoms with E-state index in [4.69, 9.17) is 18.8 Å². The largest absolute Gasteiger partial charge is 0.465 e. The van der Waals surface area contributed by atoms with Crippen LogP contribution in [0.5, 0.6) is 0 Å². The van der Waals surface area contributed by atoms with Crippen LogP contribution in [0.25, 0.3) is 0 Å². The van der Waals surface area contributed by atoms with Crippen LogP contribution in [0.1, 0.15) is 32.1 Å². The highest BCUT2D eigenvalue weighted by Gasteiger charge is 2.69. The molecule has 32 heavy (non-hydrogen) atoms. The van der Waals surface area contributed by atoms with Crippen molar-refractivity contribution in [1.29, 1.82) is 0 Å². The normalized spacial score (nSPS) is 38.8. The van der Waals surface area contributed by atoms with Gasteiger partial charge < -0.3 is 18.9 Å². The molecule has 3 atom stereocenters. The summed E-state index contributed by atoms with van der Waals surface area (Å²) in [6.07, 6.45) is -5.08. The Balaban J connectivity index is 1.48. The molecule has 1 aliphatic heterocycles. The zero-order valence-corrected chi connectivity index (χ0v) is 17.1. The predicted molar refractivity (Wildman–Crippen MR) is 89.4 cm³/mol. The van der Waals surface area contributed by atoms with Crippen molar-refractivity contribution >= 4 is 22.1 Å². The lowest BCUT2D eigenvalue weighted by molar-refractivity contribution is -0.320. The number of rotatable bonds is 5. The van der Waals surface area contributed by atoms with Crippen LogP contribution in [-0.2, 0) is 38.7 Å². The third-order valence-corrected chi connectivity index (χ3v) is 7.38. The molecule has 5 fully saturated rings. The lowest BCUT2D eigenvalue weighted by Crippen LogP contribution is -2.65. The van der Waals surface area contributed by atoms with E-state index in [1.165, 1.54) is 0 Å². The molecule has 5 aliphatic rings. The van der Waals surface area contributed by atoms with E-state index < -0.39 is 69.4 Å². The van der Waals surface area contributed by atoms with E-state index in [0.717, 1.165) is 0 Å². The number of halogens is 5. The predicted octanol–water partition coefficient (Wildman–Crippen LogP) is 1.81. The molecule has 15 heteroatoms. The van der Waals surface area contributed by atoms with Crippen molar-refractivity contribution < 1.29 is 63.5 Å². The van der Waals surface area contributed by atoms with E-state index in [9.17, 15) is 40.0 Å². The minimum Gasteiger partial charge on any atom is -0.454 e. The minimum absolute atomic E-state index is 0.0440. The van der Waals surface area contributed by atoms with Crippen molar-refractivity contribution in [2.75, 3.05) is 13.2 Å². The number of esters is 2. The van der Waals surface area contributed by atoms with Gasteiger partial charge in [-0.2, -0.15) is 30.4 Å². The molecule has 4 saturated carbocycles. The van der Waals surface area contributed by atoms with Gasteiger partial charge >= 0.3 is 33.5 Å². The van der Waals surface area contributed by atoms with Gasteiger partial charge in [0.15, 0.2) is 18.5 Å². The Hall–Kier alpha value is -1.58. The second-order valence-electron chi connectivity index (χ2n) is 8.77. The fourth-order valence-corrected chi connectivity index (χ4v) is 5.88. The average Bonchev–Trinajstić information content (AvgIpc) is 3.08. The standard InChI is InChI=1S/C17H19F5O9S/c18-15(19,20)7-28-12(23)11-6-29-16(30-11)9-1-8-2-10(16)5-14(3-8,4-9)31-13(24)17(21,22)32(25,26)27/h8-11H,1-7H2,(H,25,26,27). The first-order valence-corrected chi connectivity index (χ1v) is 11.1. The van der Waals surface area contributed by atoms with E-state index in [-0.39, 0.29) is 31.8 Å². The van der Waals surface area contributed by atoms with E-state index in [2.05, 4.69) is 4.74 Å². The summed E-state index contributed by atoms with van der Waals surface area (Å²) in [7, 11) is -6.03. The summed E-state index contributed by atoms with van der Waals surface area (Å²) < 4.78 is 115. The molecule has 5 rings (SSSR count). The van der Waals surface area contributed by atoms with Gasteiger partial charge in [-0.25, -0.2) is 9.59 Å². The maximum atomic E-state index is 13.7. The molecule has 9 nitrogen and oxygen atoms in total. The van der Waals surface area contributed by atoms with Crippen molar-refractivity contribution in [2.45, 2.75) is 61.0 Å². The van der Waals surface area contributed by atoms with Crippen LogP contribution >= 0.6 is 0 Å². The summed E-state index contributed by atoms with van der Waals surface area (Å²) in [6, 6.07) is 0. The molecule has 0 aromatic rings. The average molecular weight is 494 g/mol. The smallest absolute Gasteiger partial charge is 0.454 e. The first-order valence-electron chi connectivity index (χ1n) is 9.70. The minimum atomic E-state index is -6.03. The molecule has 182 valence electrons. The first-order chi connectivity index (χ1) is 14.6. The van der Waals surface area contributed by atoms with Crippen LogP contribution < -0.4 is 0 Å². The van der Waals surface area contributed by atoms with Crippen LogP contribution in [0.3, 0.4) is 0 Å². The molecule has 3 unspecified atom stereocenters. The molecule has 1 saturated heterocycles. The monoisotopic (exact) mass is 494 g/mol. The first kappa shape index (κ1) is 23.6. The Morgan fingerprint density at radius 2 is 1.66 bits per heavy atom. The van der Waals surface area contributed by atoms with Gasteiger partial charge in [0.2, 0.25) is 0 Å². The summed E-state index contributed by atoms with van der Waals surface area (Å²) >= 11 is 0. The van der Waals surface area contributed by atoms with Crippen molar-refractivity contribution in [3.8, 4) is 0 Å². The highest BCUT2D eigenvalue weighted by molar-refractivity contribution is 7.87. The Morgan fingerprint density at radius 1 is 1.06 bits per heavy atom. The van der Waals surface area contributed by atoms with Crippen molar-refractivity contribution in [1.82, 2.24) is 0 Å². The molecule has 0 amide bonds. The SMILES string of the molecule is O=C(OCC(F)(F)F)C1COC2(O1)C1CC3CC2CC(OC(=O)C(F)(F)S(=O)(=O)O)(C3)C1. The summed E-state index contributed by atoms with van der Waals surface area (Å²) in [5.41, 5.74) is -1.44. The lowest BCUT2D eigenvalue weighted by atomic mass is 9.51. The van der Waals surface area contributed by atoms with E-state index in [0.29, 0.717) is 12.8 Å². The zero-order valence-electron chi connectivity index (χ0n) is 16.3. The fraction of sp³-hybridized carbons (Fsp3) is 0.882. The third kappa shape index (κ3) is 3.86. The van der Waals surface area contributed by atoms with Crippen LogP contribution in [0.15, 0.2) is 0 Å². The van der Waals surface area contributed by atoms with Gasteiger partial charge in [0.05, 0.1) is 6.61 Å². The number of alkyl halides is 5. The van der Waals surface area contributed by atoms with Crippen molar-refractivity contribution in [3.63, 3.8) is 0 Å². The van der Waals surface area contributed by atoms with E-state index in [1.54, 1.807) is 0 Å². The third-order valence-electron chi connectivity index (χ3n) is 6.57. The van der Waals surface area contributed by atoms with Crippen LogP contribution in [0, 0.1) is 17.8 Å². The maximum Gasteiger partial charge on any atom is 0.465 e.